The van der Waals surface area contributed by atoms with Crippen LogP contribution < -0.4 is 0 Å². The largest absolute Gasteiger partial charge is 0.383 e. The Morgan fingerprint density at radius 3 is 3.06 bits per heavy atom. The van der Waals surface area contributed by atoms with Crippen LogP contribution in [0.25, 0.3) is 5.65 Å². The summed E-state index contributed by atoms with van der Waals surface area (Å²) in [6.45, 7) is 2.13. The van der Waals surface area contributed by atoms with E-state index in [1.807, 2.05) is 42.0 Å². The van der Waals surface area contributed by atoms with Crippen LogP contribution in [0.5, 0.6) is 0 Å². The van der Waals surface area contributed by atoms with E-state index >= 15 is 0 Å². The molecule has 98 valence electrons. The van der Waals surface area contributed by atoms with Crippen LogP contribution in [0.3, 0.4) is 0 Å². The maximum Gasteiger partial charge on any atom is 0.137 e. The van der Waals surface area contributed by atoms with Crippen molar-refractivity contribution >= 4 is 17.2 Å². The van der Waals surface area contributed by atoms with E-state index in [9.17, 15) is 0 Å². The van der Waals surface area contributed by atoms with Crippen molar-refractivity contribution in [3.05, 3.63) is 36.3 Å². The molecule has 18 heavy (non-hydrogen) atoms. The number of aromatic nitrogens is 2. The van der Waals surface area contributed by atoms with Gasteiger partial charge in [0.05, 0.1) is 17.7 Å². The van der Waals surface area contributed by atoms with Crippen LogP contribution in [0.1, 0.15) is 5.69 Å². The van der Waals surface area contributed by atoms with Crippen molar-refractivity contribution in [3.63, 3.8) is 0 Å². The van der Waals surface area contributed by atoms with Crippen molar-refractivity contribution in [1.29, 1.82) is 0 Å². The zero-order valence-electron chi connectivity index (χ0n) is 10.7. The van der Waals surface area contributed by atoms with Crippen LogP contribution >= 0.6 is 11.6 Å². The second-order valence-electron chi connectivity index (χ2n) is 4.45. The van der Waals surface area contributed by atoms with Gasteiger partial charge in [0.1, 0.15) is 5.65 Å². The van der Waals surface area contributed by atoms with Gasteiger partial charge in [0.15, 0.2) is 0 Å². The molecule has 0 radical (unpaired) electrons. The normalized spacial score (nSPS) is 13.3. The van der Waals surface area contributed by atoms with Crippen molar-refractivity contribution in [2.24, 2.45) is 0 Å². The van der Waals surface area contributed by atoms with Crippen LogP contribution in [-0.2, 0) is 11.3 Å². The Balaban J connectivity index is 1.96. The third-order valence-corrected chi connectivity index (χ3v) is 2.97. The van der Waals surface area contributed by atoms with Crippen LogP contribution in [-0.4, -0.2) is 47.0 Å². The minimum atomic E-state index is 0.0111. The predicted octanol–water partition coefficient (Wildman–Crippen LogP) is 2.02. The highest BCUT2D eigenvalue weighted by molar-refractivity contribution is 6.20. The zero-order valence-corrected chi connectivity index (χ0v) is 11.5. The van der Waals surface area contributed by atoms with Gasteiger partial charge in [0, 0.05) is 32.6 Å². The molecule has 2 rings (SSSR count). The summed E-state index contributed by atoms with van der Waals surface area (Å²) in [6.07, 6.45) is 4.05. The van der Waals surface area contributed by atoms with Crippen LogP contribution in [0.4, 0.5) is 0 Å². The number of halogens is 1. The van der Waals surface area contributed by atoms with E-state index in [2.05, 4.69) is 9.88 Å². The van der Waals surface area contributed by atoms with E-state index in [4.69, 9.17) is 16.3 Å². The van der Waals surface area contributed by atoms with Crippen LogP contribution in [0.15, 0.2) is 30.6 Å². The molecule has 0 fully saturated rings. The third-order valence-electron chi connectivity index (χ3n) is 2.70. The maximum atomic E-state index is 6.13. The SMILES string of the molecule is COCC(Cl)CN(C)Cc1cn2ccccc2n1. The van der Waals surface area contributed by atoms with Gasteiger partial charge < -0.3 is 9.14 Å². The molecule has 0 saturated heterocycles. The fraction of sp³-hybridized carbons (Fsp3) is 0.462. The molecule has 0 bridgehead atoms. The van der Waals surface area contributed by atoms with Crippen molar-refractivity contribution in [2.75, 3.05) is 27.3 Å². The lowest BCUT2D eigenvalue weighted by molar-refractivity contribution is 0.181. The van der Waals surface area contributed by atoms with Crippen molar-refractivity contribution in [3.8, 4) is 0 Å². The van der Waals surface area contributed by atoms with Gasteiger partial charge in [0.2, 0.25) is 0 Å². The molecule has 0 aliphatic heterocycles. The Bertz CT molecular complexity index is 467. The van der Waals surface area contributed by atoms with Crippen molar-refractivity contribution in [1.82, 2.24) is 14.3 Å². The number of pyridine rings is 1. The van der Waals surface area contributed by atoms with Gasteiger partial charge in [0.25, 0.3) is 0 Å². The van der Waals surface area contributed by atoms with Gasteiger partial charge in [-0.2, -0.15) is 0 Å². The highest BCUT2D eigenvalue weighted by atomic mass is 35.5. The standard InChI is InChI=1S/C13H18ClN3O/c1-16(7-11(14)10-18-2)8-12-9-17-6-4-3-5-13(17)15-12/h3-6,9,11H,7-8,10H2,1-2H3. The van der Waals surface area contributed by atoms with E-state index < -0.39 is 0 Å². The predicted molar refractivity (Wildman–Crippen MR) is 73.0 cm³/mol. The van der Waals surface area contributed by atoms with Gasteiger partial charge >= 0.3 is 0 Å². The zero-order chi connectivity index (χ0) is 13.0. The molecule has 2 aromatic rings. The minimum Gasteiger partial charge on any atom is -0.383 e. The van der Waals surface area contributed by atoms with E-state index in [1.54, 1.807) is 7.11 Å². The van der Waals surface area contributed by atoms with Gasteiger partial charge in [-0.05, 0) is 19.2 Å². The number of nitrogens with zero attached hydrogens (tertiary/aromatic N) is 3. The van der Waals surface area contributed by atoms with Gasteiger partial charge in [-0.15, -0.1) is 11.6 Å². The second kappa shape index (κ2) is 6.18. The summed E-state index contributed by atoms with van der Waals surface area (Å²) in [7, 11) is 3.70. The summed E-state index contributed by atoms with van der Waals surface area (Å²) in [4.78, 5) is 6.70. The first-order chi connectivity index (χ1) is 8.69. The fourth-order valence-corrected chi connectivity index (χ4v) is 2.34. The molecular formula is C13H18ClN3O. The lowest BCUT2D eigenvalue weighted by Crippen LogP contribution is -2.28. The molecule has 2 aromatic heterocycles. The van der Waals surface area contributed by atoms with Crippen molar-refractivity contribution in [2.45, 2.75) is 11.9 Å². The first-order valence-corrected chi connectivity index (χ1v) is 6.37. The summed E-state index contributed by atoms with van der Waals surface area (Å²) in [5.74, 6) is 0. The molecule has 0 saturated carbocycles. The molecule has 0 aromatic carbocycles. The summed E-state index contributed by atoms with van der Waals surface area (Å²) >= 11 is 6.13. The Labute approximate surface area is 112 Å². The Morgan fingerprint density at radius 2 is 2.33 bits per heavy atom. The average Bonchev–Trinajstić information content (AvgIpc) is 2.70. The number of imidazole rings is 1. The monoisotopic (exact) mass is 267 g/mol. The molecule has 0 aliphatic carbocycles. The number of alkyl halides is 1. The molecular weight excluding hydrogens is 250 g/mol. The first-order valence-electron chi connectivity index (χ1n) is 5.93. The number of fused-ring (bicyclic) bond motifs is 1. The van der Waals surface area contributed by atoms with Gasteiger partial charge in [-0.3, -0.25) is 4.90 Å². The summed E-state index contributed by atoms with van der Waals surface area (Å²) < 4.78 is 7.05. The van der Waals surface area contributed by atoms with Crippen LogP contribution in [0.2, 0.25) is 0 Å². The third kappa shape index (κ3) is 3.45. The average molecular weight is 268 g/mol. The Morgan fingerprint density at radius 1 is 1.50 bits per heavy atom. The molecule has 2 heterocycles. The van der Waals surface area contributed by atoms with Gasteiger partial charge in [-0.25, -0.2) is 4.98 Å². The second-order valence-corrected chi connectivity index (χ2v) is 5.06. The summed E-state index contributed by atoms with van der Waals surface area (Å²) in [6, 6.07) is 5.98. The molecule has 4 nitrogen and oxygen atoms in total. The Hall–Kier alpha value is -1.10. The maximum absolute atomic E-state index is 6.13. The molecule has 0 amide bonds. The van der Waals surface area contributed by atoms with Crippen LogP contribution in [0, 0.1) is 0 Å². The summed E-state index contributed by atoms with van der Waals surface area (Å²) in [5, 5.41) is 0.0111. The molecule has 0 N–H and O–H groups in total. The highest BCUT2D eigenvalue weighted by Crippen LogP contribution is 2.08. The fourth-order valence-electron chi connectivity index (χ4n) is 1.98. The van der Waals surface area contributed by atoms with E-state index in [-0.39, 0.29) is 5.38 Å². The summed E-state index contributed by atoms with van der Waals surface area (Å²) in [5.41, 5.74) is 2.02. The van der Waals surface area contributed by atoms with E-state index in [1.165, 1.54) is 0 Å². The minimum absolute atomic E-state index is 0.0111. The number of methoxy groups -OCH3 is 1. The number of hydrogen-bond donors (Lipinski definition) is 0. The smallest absolute Gasteiger partial charge is 0.137 e. The molecule has 0 spiro atoms. The molecule has 5 heteroatoms. The lowest BCUT2D eigenvalue weighted by Gasteiger charge is -2.18. The number of rotatable bonds is 6. The van der Waals surface area contributed by atoms with Crippen molar-refractivity contribution < 1.29 is 4.74 Å². The topological polar surface area (TPSA) is 29.8 Å². The van der Waals surface area contributed by atoms with E-state index in [0.29, 0.717) is 6.61 Å². The van der Waals surface area contributed by atoms with E-state index in [0.717, 1.165) is 24.4 Å². The quantitative estimate of drug-likeness (QED) is 0.750. The molecule has 1 unspecified atom stereocenters. The highest BCUT2D eigenvalue weighted by Gasteiger charge is 2.10. The number of hydrogen-bond acceptors (Lipinski definition) is 3. The number of ether oxygens (including phenoxy) is 1. The molecule has 1 atom stereocenters. The molecule has 0 aliphatic rings. The first kappa shape index (κ1) is 13.3. The lowest BCUT2D eigenvalue weighted by atomic mass is 10.3. The van der Waals surface area contributed by atoms with Gasteiger partial charge in [-0.1, -0.05) is 6.07 Å². The Kier molecular flexibility index (Phi) is 4.58.